The van der Waals surface area contributed by atoms with Crippen LogP contribution in [0.15, 0.2) is 35.3 Å². The summed E-state index contributed by atoms with van der Waals surface area (Å²) in [5, 5.41) is 11.3. The summed E-state index contributed by atoms with van der Waals surface area (Å²) in [6, 6.07) is 10.2. The van der Waals surface area contributed by atoms with Crippen LogP contribution in [0.5, 0.6) is 5.75 Å². The van der Waals surface area contributed by atoms with Gasteiger partial charge in [0.25, 0.3) is 0 Å². The number of nitrogens with zero attached hydrogens (tertiary/aromatic N) is 3. The standard InChI is InChI=1S/C21H33N5O/c1-16(15-20-17(2)25-26(5)18(20)3)24-21(22-4)23-13-9-10-14-27-19-11-7-6-8-12-19/h6-8,11-12,16H,9-10,13-15H2,1-5H3,(H2,22,23,24). The molecule has 0 saturated heterocycles. The van der Waals surface area contributed by atoms with Crippen molar-refractivity contribution in [3.05, 3.63) is 47.3 Å². The summed E-state index contributed by atoms with van der Waals surface area (Å²) < 4.78 is 7.66. The van der Waals surface area contributed by atoms with Gasteiger partial charge in [0, 0.05) is 32.4 Å². The highest BCUT2D eigenvalue weighted by Gasteiger charge is 2.13. The summed E-state index contributed by atoms with van der Waals surface area (Å²) in [7, 11) is 3.80. The molecule has 2 N–H and O–H groups in total. The SMILES string of the molecule is CN=C(NCCCCOc1ccccc1)NC(C)Cc1c(C)nn(C)c1C. The molecule has 0 aliphatic heterocycles. The number of nitrogens with one attached hydrogen (secondary N) is 2. The van der Waals surface area contributed by atoms with E-state index < -0.39 is 0 Å². The van der Waals surface area contributed by atoms with Crippen LogP contribution in [-0.2, 0) is 13.5 Å². The normalized spacial score (nSPS) is 12.7. The van der Waals surface area contributed by atoms with E-state index in [0.717, 1.165) is 49.8 Å². The summed E-state index contributed by atoms with van der Waals surface area (Å²) in [6.45, 7) is 7.96. The first-order valence-electron chi connectivity index (χ1n) is 9.65. The number of para-hydroxylation sites is 1. The molecule has 2 aromatic rings. The number of benzene rings is 1. The van der Waals surface area contributed by atoms with Gasteiger partial charge in [-0.15, -0.1) is 0 Å². The highest BCUT2D eigenvalue weighted by Crippen LogP contribution is 2.14. The number of ether oxygens (including phenoxy) is 1. The van der Waals surface area contributed by atoms with Crippen molar-refractivity contribution in [3.63, 3.8) is 0 Å². The summed E-state index contributed by atoms with van der Waals surface area (Å²) in [5.74, 6) is 1.77. The molecular formula is C21H33N5O. The molecule has 1 aromatic carbocycles. The Balaban J connectivity index is 1.66. The number of aromatic nitrogens is 2. The van der Waals surface area contributed by atoms with Gasteiger partial charge in [-0.2, -0.15) is 5.10 Å². The van der Waals surface area contributed by atoms with Crippen LogP contribution in [0.4, 0.5) is 0 Å². The van der Waals surface area contributed by atoms with E-state index in [4.69, 9.17) is 4.74 Å². The lowest BCUT2D eigenvalue weighted by molar-refractivity contribution is 0.307. The minimum absolute atomic E-state index is 0.277. The molecule has 0 bridgehead atoms. The fourth-order valence-corrected chi connectivity index (χ4v) is 3.04. The van der Waals surface area contributed by atoms with Gasteiger partial charge >= 0.3 is 0 Å². The van der Waals surface area contributed by atoms with E-state index in [2.05, 4.69) is 41.5 Å². The fourth-order valence-electron chi connectivity index (χ4n) is 3.04. The number of unbranched alkanes of at least 4 members (excludes halogenated alkanes) is 1. The van der Waals surface area contributed by atoms with Crippen LogP contribution in [0.1, 0.15) is 36.7 Å². The Morgan fingerprint density at radius 3 is 2.59 bits per heavy atom. The Morgan fingerprint density at radius 2 is 1.96 bits per heavy atom. The molecule has 0 aliphatic rings. The van der Waals surface area contributed by atoms with Gasteiger partial charge in [-0.05, 0) is 57.7 Å². The molecule has 1 atom stereocenters. The zero-order chi connectivity index (χ0) is 19.6. The molecule has 6 nitrogen and oxygen atoms in total. The van der Waals surface area contributed by atoms with E-state index in [9.17, 15) is 0 Å². The molecule has 1 heterocycles. The Morgan fingerprint density at radius 1 is 1.22 bits per heavy atom. The highest BCUT2D eigenvalue weighted by atomic mass is 16.5. The van der Waals surface area contributed by atoms with Crippen LogP contribution < -0.4 is 15.4 Å². The third-order valence-electron chi connectivity index (χ3n) is 4.65. The quantitative estimate of drug-likeness (QED) is 0.404. The fraction of sp³-hybridized carbons (Fsp3) is 0.524. The van der Waals surface area contributed by atoms with E-state index in [1.54, 1.807) is 7.05 Å². The predicted molar refractivity (Wildman–Crippen MR) is 112 cm³/mol. The number of aryl methyl sites for hydroxylation is 2. The van der Waals surface area contributed by atoms with Crippen LogP contribution in [0.3, 0.4) is 0 Å². The van der Waals surface area contributed by atoms with Crippen molar-refractivity contribution in [2.45, 2.75) is 46.1 Å². The second-order valence-electron chi connectivity index (χ2n) is 6.89. The molecule has 0 amide bonds. The lowest BCUT2D eigenvalue weighted by atomic mass is 10.1. The third kappa shape index (κ3) is 6.62. The van der Waals surface area contributed by atoms with Crippen LogP contribution in [0.25, 0.3) is 0 Å². The van der Waals surface area contributed by atoms with Gasteiger partial charge in [-0.25, -0.2) is 0 Å². The van der Waals surface area contributed by atoms with Crippen LogP contribution in [0.2, 0.25) is 0 Å². The number of hydrogen-bond donors (Lipinski definition) is 2. The average molecular weight is 372 g/mol. The average Bonchev–Trinajstić information content (AvgIpc) is 2.90. The first-order valence-corrected chi connectivity index (χ1v) is 9.65. The number of rotatable bonds is 9. The van der Waals surface area contributed by atoms with Gasteiger partial charge in [0.15, 0.2) is 5.96 Å². The number of hydrogen-bond acceptors (Lipinski definition) is 3. The second-order valence-corrected chi connectivity index (χ2v) is 6.89. The molecule has 0 spiro atoms. The lowest BCUT2D eigenvalue weighted by Gasteiger charge is -2.18. The zero-order valence-corrected chi connectivity index (χ0v) is 17.2. The molecule has 1 aromatic heterocycles. The Hall–Kier alpha value is -2.50. The second kappa shape index (κ2) is 10.6. The molecule has 6 heteroatoms. The Kier molecular flexibility index (Phi) is 8.17. The minimum Gasteiger partial charge on any atom is -0.494 e. The molecule has 0 aliphatic carbocycles. The van der Waals surface area contributed by atoms with Crippen LogP contribution in [-0.4, -0.2) is 42.0 Å². The van der Waals surface area contributed by atoms with Crippen molar-refractivity contribution in [2.24, 2.45) is 12.0 Å². The summed E-state index contributed by atoms with van der Waals surface area (Å²) in [4.78, 5) is 4.33. The summed E-state index contributed by atoms with van der Waals surface area (Å²) >= 11 is 0. The molecule has 148 valence electrons. The smallest absolute Gasteiger partial charge is 0.191 e. The lowest BCUT2D eigenvalue weighted by Crippen LogP contribution is -2.43. The van der Waals surface area contributed by atoms with Gasteiger partial charge in [0.05, 0.1) is 12.3 Å². The maximum atomic E-state index is 5.71. The van der Waals surface area contributed by atoms with E-state index in [-0.39, 0.29) is 6.04 Å². The third-order valence-corrected chi connectivity index (χ3v) is 4.65. The largest absolute Gasteiger partial charge is 0.494 e. The Bertz CT molecular complexity index is 724. The molecule has 0 radical (unpaired) electrons. The maximum Gasteiger partial charge on any atom is 0.191 e. The van der Waals surface area contributed by atoms with Gasteiger partial charge < -0.3 is 15.4 Å². The summed E-state index contributed by atoms with van der Waals surface area (Å²) in [5.41, 5.74) is 3.64. The molecule has 0 saturated carbocycles. The van der Waals surface area contributed by atoms with Crippen LogP contribution >= 0.6 is 0 Å². The van der Waals surface area contributed by atoms with E-state index in [0.29, 0.717) is 0 Å². The van der Waals surface area contributed by atoms with Crippen molar-refractivity contribution in [1.29, 1.82) is 0 Å². The molecular weight excluding hydrogens is 338 g/mol. The topological polar surface area (TPSA) is 63.5 Å². The van der Waals surface area contributed by atoms with Crippen molar-refractivity contribution in [1.82, 2.24) is 20.4 Å². The monoisotopic (exact) mass is 371 g/mol. The maximum absolute atomic E-state index is 5.71. The number of aliphatic imine (C=N–C) groups is 1. The van der Waals surface area contributed by atoms with E-state index in [1.165, 1.54) is 11.3 Å². The van der Waals surface area contributed by atoms with Gasteiger partial charge in [0.1, 0.15) is 5.75 Å². The molecule has 1 unspecified atom stereocenters. The predicted octanol–water partition coefficient (Wildman–Crippen LogP) is 2.99. The molecule has 0 fully saturated rings. The Labute approximate surface area is 163 Å². The number of guanidine groups is 1. The molecule has 27 heavy (non-hydrogen) atoms. The molecule has 2 rings (SSSR count). The van der Waals surface area contributed by atoms with E-state index in [1.807, 2.05) is 42.1 Å². The zero-order valence-electron chi connectivity index (χ0n) is 17.2. The summed E-state index contributed by atoms with van der Waals surface area (Å²) in [6.07, 6.45) is 2.96. The van der Waals surface area contributed by atoms with E-state index >= 15 is 0 Å². The van der Waals surface area contributed by atoms with Gasteiger partial charge in [-0.1, -0.05) is 18.2 Å². The van der Waals surface area contributed by atoms with Crippen molar-refractivity contribution >= 4 is 5.96 Å². The minimum atomic E-state index is 0.277. The van der Waals surface area contributed by atoms with Crippen molar-refractivity contribution in [2.75, 3.05) is 20.2 Å². The van der Waals surface area contributed by atoms with Gasteiger partial charge in [0.2, 0.25) is 0 Å². The first kappa shape index (κ1) is 20.8. The first-order chi connectivity index (χ1) is 13.0. The van der Waals surface area contributed by atoms with Crippen molar-refractivity contribution < 1.29 is 4.74 Å². The van der Waals surface area contributed by atoms with Gasteiger partial charge in [-0.3, -0.25) is 9.67 Å². The van der Waals surface area contributed by atoms with Crippen molar-refractivity contribution in [3.8, 4) is 5.75 Å². The van der Waals surface area contributed by atoms with Crippen LogP contribution in [0, 0.1) is 13.8 Å². The highest BCUT2D eigenvalue weighted by molar-refractivity contribution is 5.79.